The maximum atomic E-state index is 13.7. The van der Waals surface area contributed by atoms with Crippen molar-refractivity contribution < 1.29 is 14.3 Å². The summed E-state index contributed by atoms with van der Waals surface area (Å²) >= 11 is 0. The van der Waals surface area contributed by atoms with Gasteiger partial charge in [0, 0.05) is 17.3 Å². The van der Waals surface area contributed by atoms with E-state index in [4.69, 9.17) is 9.84 Å². The van der Waals surface area contributed by atoms with E-state index in [1.165, 1.54) is 51.3 Å². The first-order valence-electron chi connectivity index (χ1n) is 12.7. The molecule has 1 heterocycles. The van der Waals surface area contributed by atoms with Crippen molar-refractivity contribution in [3.8, 4) is 0 Å². The van der Waals surface area contributed by atoms with Crippen LogP contribution in [-0.2, 0) is 22.4 Å². The first kappa shape index (κ1) is 22.0. The summed E-state index contributed by atoms with van der Waals surface area (Å²) in [6.07, 6.45) is 11.8. The molecule has 4 unspecified atom stereocenters. The molecule has 3 saturated carbocycles. The number of hydrogen-bond donors (Lipinski definition) is 1. The number of esters is 1. The average molecular weight is 442 g/mol. The Hall–Kier alpha value is -1.85. The minimum absolute atomic E-state index is 0.0480. The number of nitrogens with zero attached hydrogens (tertiary/aromatic N) is 2. The van der Waals surface area contributed by atoms with Crippen molar-refractivity contribution in [3.63, 3.8) is 0 Å². The molecular weight excluding hydrogens is 402 g/mol. The van der Waals surface area contributed by atoms with Crippen molar-refractivity contribution in [1.29, 1.82) is 0 Å². The van der Waals surface area contributed by atoms with Gasteiger partial charge in [0.05, 0.1) is 19.1 Å². The SMILES string of the molecule is COC(=O)C1CCc2c(c(C(=O)NC3C4(C)CCC(C4)C3(C)C)nn2C2CCCCC2)C1. The normalized spacial score (nSPS) is 33.7. The van der Waals surface area contributed by atoms with E-state index in [0.29, 0.717) is 24.1 Å². The van der Waals surface area contributed by atoms with Crippen LogP contribution in [0.25, 0.3) is 0 Å². The van der Waals surface area contributed by atoms with E-state index in [9.17, 15) is 9.59 Å². The molecule has 0 radical (unpaired) electrons. The molecule has 0 spiro atoms. The van der Waals surface area contributed by atoms with Crippen LogP contribution in [0, 0.1) is 22.7 Å². The fraction of sp³-hybridized carbons (Fsp3) is 0.808. The zero-order valence-corrected chi connectivity index (χ0v) is 20.2. The Morgan fingerprint density at radius 2 is 1.84 bits per heavy atom. The molecule has 3 fully saturated rings. The van der Waals surface area contributed by atoms with Crippen molar-refractivity contribution in [2.45, 2.75) is 103 Å². The Morgan fingerprint density at radius 3 is 2.50 bits per heavy atom. The van der Waals surface area contributed by atoms with Gasteiger partial charge in [-0.3, -0.25) is 14.3 Å². The summed E-state index contributed by atoms with van der Waals surface area (Å²) in [6.45, 7) is 6.98. The van der Waals surface area contributed by atoms with Crippen molar-refractivity contribution in [2.24, 2.45) is 22.7 Å². The lowest BCUT2D eigenvalue weighted by atomic mass is 9.68. The van der Waals surface area contributed by atoms with Gasteiger partial charge < -0.3 is 10.1 Å². The van der Waals surface area contributed by atoms with E-state index in [1.54, 1.807) is 0 Å². The van der Waals surface area contributed by atoms with Gasteiger partial charge in [0.15, 0.2) is 5.69 Å². The van der Waals surface area contributed by atoms with Gasteiger partial charge in [0.25, 0.3) is 5.91 Å². The molecule has 1 amide bonds. The second kappa shape index (κ2) is 7.88. The maximum Gasteiger partial charge on any atom is 0.309 e. The van der Waals surface area contributed by atoms with Gasteiger partial charge in [0.2, 0.25) is 0 Å². The molecule has 6 heteroatoms. The molecule has 4 atom stereocenters. The zero-order valence-electron chi connectivity index (χ0n) is 20.2. The Labute approximate surface area is 191 Å². The molecule has 5 rings (SSSR count). The molecule has 4 aliphatic rings. The molecule has 1 N–H and O–H groups in total. The zero-order chi connectivity index (χ0) is 22.7. The number of rotatable bonds is 4. The van der Waals surface area contributed by atoms with Crippen molar-refractivity contribution in [3.05, 3.63) is 17.0 Å². The van der Waals surface area contributed by atoms with Crippen molar-refractivity contribution in [1.82, 2.24) is 15.1 Å². The quantitative estimate of drug-likeness (QED) is 0.693. The first-order chi connectivity index (χ1) is 15.2. The van der Waals surface area contributed by atoms with Crippen LogP contribution >= 0.6 is 0 Å². The Kier molecular flexibility index (Phi) is 5.41. The van der Waals surface area contributed by atoms with Crippen molar-refractivity contribution >= 4 is 11.9 Å². The van der Waals surface area contributed by atoms with Gasteiger partial charge in [-0.2, -0.15) is 5.10 Å². The summed E-state index contributed by atoms with van der Waals surface area (Å²) in [5.41, 5.74) is 3.00. The number of carbonyl (C=O) groups excluding carboxylic acids is 2. The highest BCUT2D eigenvalue weighted by molar-refractivity contribution is 5.94. The number of hydrogen-bond acceptors (Lipinski definition) is 4. The predicted molar refractivity (Wildman–Crippen MR) is 122 cm³/mol. The molecular formula is C26H39N3O3. The summed E-state index contributed by atoms with van der Waals surface area (Å²) in [7, 11) is 1.45. The van der Waals surface area contributed by atoms with Crippen LogP contribution in [0.2, 0.25) is 0 Å². The van der Waals surface area contributed by atoms with E-state index in [2.05, 4.69) is 30.8 Å². The largest absolute Gasteiger partial charge is 0.469 e. The third-order valence-corrected chi connectivity index (χ3v) is 9.51. The highest BCUT2D eigenvalue weighted by Crippen LogP contribution is 2.62. The van der Waals surface area contributed by atoms with E-state index >= 15 is 0 Å². The molecule has 176 valence electrons. The molecule has 32 heavy (non-hydrogen) atoms. The molecule has 6 nitrogen and oxygen atoms in total. The number of fused-ring (bicyclic) bond motifs is 3. The summed E-state index contributed by atoms with van der Waals surface area (Å²) in [5.74, 6) is 0.275. The van der Waals surface area contributed by atoms with Gasteiger partial charge in [-0.1, -0.05) is 40.0 Å². The summed E-state index contributed by atoms with van der Waals surface area (Å²) < 4.78 is 7.21. The molecule has 0 saturated heterocycles. The monoisotopic (exact) mass is 441 g/mol. The predicted octanol–water partition coefficient (Wildman–Crippen LogP) is 4.61. The van der Waals surface area contributed by atoms with Crippen LogP contribution in [0.15, 0.2) is 0 Å². The average Bonchev–Trinajstić information content (AvgIpc) is 3.43. The minimum Gasteiger partial charge on any atom is -0.469 e. The molecule has 1 aromatic heterocycles. The van der Waals surface area contributed by atoms with Crippen LogP contribution < -0.4 is 5.32 Å². The highest BCUT2D eigenvalue weighted by atomic mass is 16.5. The van der Waals surface area contributed by atoms with Crippen LogP contribution in [0.3, 0.4) is 0 Å². The third kappa shape index (κ3) is 3.40. The van der Waals surface area contributed by atoms with Crippen LogP contribution in [0.5, 0.6) is 0 Å². The fourth-order valence-electron chi connectivity index (χ4n) is 7.68. The second-order valence-corrected chi connectivity index (χ2v) is 11.8. The molecule has 0 aliphatic heterocycles. The Balaban J connectivity index is 1.47. The number of amides is 1. The summed E-state index contributed by atoms with van der Waals surface area (Å²) in [4.78, 5) is 26.0. The lowest BCUT2D eigenvalue weighted by Gasteiger charge is -2.43. The number of aromatic nitrogens is 2. The van der Waals surface area contributed by atoms with Crippen LogP contribution in [-0.4, -0.2) is 34.8 Å². The summed E-state index contributed by atoms with van der Waals surface area (Å²) in [6, 6.07) is 0.543. The topological polar surface area (TPSA) is 73.2 Å². The van der Waals surface area contributed by atoms with E-state index in [1.807, 2.05) is 0 Å². The second-order valence-electron chi connectivity index (χ2n) is 11.8. The van der Waals surface area contributed by atoms with Gasteiger partial charge in [-0.05, 0) is 68.1 Å². The van der Waals surface area contributed by atoms with Crippen LogP contribution in [0.4, 0.5) is 0 Å². The maximum absolute atomic E-state index is 13.7. The fourth-order valence-corrected chi connectivity index (χ4v) is 7.68. The van der Waals surface area contributed by atoms with Gasteiger partial charge in [-0.15, -0.1) is 0 Å². The molecule has 4 aliphatic carbocycles. The first-order valence-corrected chi connectivity index (χ1v) is 12.7. The lowest BCUT2D eigenvalue weighted by molar-refractivity contribution is -0.145. The minimum atomic E-state index is -0.181. The molecule has 1 aromatic rings. The molecule has 0 aromatic carbocycles. The van der Waals surface area contributed by atoms with Gasteiger partial charge >= 0.3 is 5.97 Å². The molecule has 2 bridgehead atoms. The van der Waals surface area contributed by atoms with Gasteiger partial charge in [0.1, 0.15) is 0 Å². The number of methoxy groups -OCH3 is 1. The van der Waals surface area contributed by atoms with E-state index in [-0.39, 0.29) is 34.7 Å². The van der Waals surface area contributed by atoms with E-state index in [0.717, 1.165) is 31.2 Å². The standard InChI is InChI=1S/C26H39N3O3/c1-25(2)17-12-13-26(3,15-17)24(25)27-22(30)21-19-14-16(23(31)32-4)10-11-20(19)29(28-21)18-8-6-5-7-9-18/h16-18,24H,5-15H2,1-4H3,(H,27,30). The third-order valence-electron chi connectivity index (χ3n) is 9.51. The lowest BCUT2D eigenvalue weighted by Crippen LogP contribution is -2.52. The highest BCUT2D eigenvalue weighted by Gasteiger charge is 2.59. The number of ether oxygens (including phenoxy) is 1. The number of nitrogens with one attached hydrogen (secondary N) is 1. The van der Waals surface area contributed by atoms with Crippen molar-refractivity contribution in [2.75, 3.05) is 7.11 Å². The smallest absolute Gasteiger partial charge is 0.309 e. The van der Waals surface area contributed by atoms with Gasteiger partial charge in [-0.25, -0.2) is 0 Å². The van der Waals surface area contributed by atoms with Crippen LogP contribution in [0.1, 0.15) is 106 Å². The summed E-state index contributed by atoms with van der Waals surface area (Å²) in [5, 5.41) is 8.41. The Morgan fingerprint density at radius 1 is 1.09 bits per heavy atom. The number of carbonyl (C=O) groups is 2. The Bertz CT molecular complexity index is 909. The van der Waals surface area contributed by atoms with E-state index < -0.39 is 0 Å².